The number of halogens is 3. The molecular formula is C26H33ClF2N6O4. The number of aromatic nitrogens is 6. The van der Waals surface area contributed by atoms with E-state index in [1.807, 2.05) is 24.7 Å². The van der Waals surface area contributed by atoms with Crippen LogP contribution in [0.5, 0.6) is 0 Å². The lowest BCUT2D eigenvalue weighted by Crippen LogP contribution is -2.62. The zero-order chi connectivity index (χ0) is 28.1. The van der Waals surface area contributed by atoms with Crippen LogP contribution in [0.1, 0.15) is 52.8 Å². The minimum absolute atomic E-state index is 0.0549. The third-order valence-electron chi connectivity index (χ3n) is 7.61. The van der Waals surface area contributed by atoms with Gasteiger partial charge in [-0.15, -0.1) is 10.2 Å². The van der Waals surface area contributed by atoms with Crippen LogP contribution in [0.25, 0.3) is 11.3 Å². The minimum atomic E-state index is -1.14. The van der Waals surface area contributed by atoms with E-state index in [1.165, 1.54) is 12.1 Å². The summed E-state index contributed by atoms with van der Waals surface area (Å²) in [5, 5.41) is 16.8. The Bertz CT molecular complexity index is 1330. The van der Waals surface area contributed by atoms with E-state index in [-0.39, 0.29) is 28.4 Å². The maximum atomic E-state index is 14.7. The fourth-order valence-electron chi connectivity index (χ4n) is 5.01. The number of ether oxygens (including phenoxy) is 4. The molecule has 0 saturated carbocycles. The molecule has 2 aliphatic heterocycles. The lowest BCUT2D eigenvalue weighted by Gasteiger charge is -2.51. The molecule has 2 saturated heterocycles. The molecule has 4 heterocycles. The Morgan fingerprint density at radius 2 is 1.92 bits per heavy atom. The molecule has 0 unspecified atom stereocenters. The highest BCUT2D eigenvalue weighted by atomic mass is 35.5. The first-order valence-corrected chi connectivity index (χ1v) is 13.3. The predicted octanol–water partition coefficient (Wildman–Crippen LogP) is 4.33. The number of rotatable bonds is 7. The van der Waals surface area contributed by atoms with Gasteiger partial charge in [-0.25, -0.2) is 18.1 Å². The van der Waals surface area contributed by atoms with E-state index in [1.54, 1.807) is 18.0 Å². The highest BCUT2D eigenvalue weighted by Crippen LogP contribution is 2.40. The van der Waals surface area contributed by atoms with Crippen molar-refractivity contribution in [2.24, 2.45) is 0 Å². The molecule has 2 aliphatic rings. The van der Waals surface area contributed by atoms with Gasteiger partial charge in [-0.2, -0.15) is 0 Å². The van der Waals surface area contributed by atoms with E-state index >= 15 is 0 Å². The third kappa shape index (κ3) is 5.32. The average molecular weight is 567 g/mol. The van der Waals surface area contributed by atoms with Crippen LogP contribution < -0.4 is 0 Å². The minimum Gasteiger partial charge on any atom is -0.376 e. The van der Waals surface area contributed by atoms with Gasteiger partial charge in [0.05, 0.1) is 35.2 Å². The summed E-state index contributed by atoms with van der Waals surface area (Å²) in [6.07, 6.45) is 2.80. The van der Waals surface area contributed by atoms with Gasteiger partial charge in [-0.05, 0) is 46.2 Å². The first kappa shape index (κ1) is 28.0. The van der Waals surface area contributed by atoms with Gasteiger partial charge in [0, 0.05) is 25.3 Å². The third-order valence-corrected chi connectivity index (χ3v) is 7.90. The Labute approximate surface area is 230 Å². The molecule has 2 aromatic heterocycles. The number of benzene rings is 1. The maximum absolute atomic E-state index is 14.7. The number of hydrogen-bond acceptors (Lipinski definition) is 8. The molecule has 39 heavy (non-hydrogen) atoms. The highest BCUT2D eigenvalue weighted by Gasteiger charge is 2.53. The maximum Gasteiger partial charge on any atom is 0.178 e. The lowest BCUT2D eigenvalue weighted by molar-refractivity contribution is -0.349. The van der Waals surface area contributed by atoms with Crippen LogP contribution in [0, 0.1) is 11.6 Å². The molecule has 0 spiro atoms. The zero-order valence-electron chi connectivity index (χ0n) is 22.8. The molecule has 2 fully saturated rings. The normalized spacial score (nSPS) is 26.9. The van der Waals surface area contributed by atoms with Gasteiger partial charge in [0.15, 0.2) is 17.4 Å². The quantitative estimate of drug-likeness (QED) is 0.390. The Hall–Kier alpha value is -2.51. The average Bonchev–Trinajstić information content (AvgIpc) is 3.57. The topological polar surface area (TPSA) is 98.3 Å². The standard InChI is InChI=1S/C26H33ClF2N6O4/c1-7-25(2,3)35-11-14(30-33-35)10-18-23(36-6)22(24-19(38-18)13-37-26(4,5)39-24)34-12-17(31-32-34)15-8-9-16(27)21(29)20(15)28/h8-9,11-12,18-19,22-24H,7,10,13H2,1-6H3/t18-,19-,22-,23+,24+/m1/s1. The Morgan fingerprint density at radius 3 is 2.64 bits per heavy atom. The molecule has 0 amide bonds. The second-order valence-electron chi connectivity index (χ2n) is 11.0. The SMILES string of the molecule is CCC(C)(C)n1cc(C[C@H]2O[C@@H]3COC(C)(C)O[C@@H]3[C@H](n3cc(-c4ccc(Cl)c(F)c4F)nn3)[C@H]2OC)nn1. The Balaban J connectivity index is 1.49. The Morgan fingerprint density at radius 1 is 1.15 bits per heavy atom. The van der Waals surface area contributed by atoms with Crippen molar-refractivity contribution in [2.45, 2.75) is 89.2 Å². The molecule has 13 heteroatoms. The van der Waals surface area contributed by atoms with E-state index in [0.717, 1.165) is 12.1 Å². The molecule has 0 bridgehead atoms. The van der Waals surface area contributed by atoms with Crippen LogP contribution in [-0.2, 0) is 30.9 Å². The molecule has 5 rings (SSSR count). The van der Waals surface area contributed by atoms with Gasteiger partial charge in [0.2, 0.25) is 0 Å². The molecule has 3 aromatic rings. The summed E-state index contributed by atoms with van der Waals surface area (Å²) in [7, 11) is 1.59. The van der Waals surface area contributed by atoms with Crippen molar-refractivity contribution < 1.29 is 27.7 Å². The summed E-state index contributed by atoms with van der Waals surface area (Å²) >= 11 is 5.73. The van der Waals surface area contributed by atoms with Crippen molar-refractivity contribution in [3.05, 3.63) is 46.9 Å². The summed E-state index contributed by atoms with van der Waals surface area (Å²) in [6, 6.07) is 2.13. The van der Waals surface area contributed by atoms with E-state index in [2.05, 4.69) is 41.4 Å². The second kappa shape index (κ2) is 10.5. The first-order chi connectivity index (χ1) is 18.4. The van der Waals surface area contributed by atoms with Crippen LogP contribution in [-0.4, -0.2) is 73.9 Å². The van der Waals surface area contributed by atoms with Gasteiger partial charge in [-0.1, -0.05) is 29.0 Å². The number of fused-ring (bicyclic) bond motifs is 1. The van der Waals surface area contributed by atoms with Crippen LogP contribution >= 0.6 is 11.6 Å². The second-order valence-corrected chi connectivity index (χ2v) is 11.4. The van der Waals surface area contributed by atoms with Crippen LogP contribution in [0.15, 0.2) is 24.5 Å². The predicted molar refractivity (Wildman–Crippen MR) is 137 cm³/mol. The van der Waals surface area contributed by atoms with Gasteiger partial charge >= 0.3 is 0 Å². The van der Waals surface area contributed by atoms with Gasteiger partial charge in [0.25, 0.3) is 0 Å². The summed E-state index contributed by atoms with van der Waals surface area (Å²) < 4.78 is 56.9. The number of nitrogens with zero attached hydrogens (tertiary/aromatic N) is 6. The van der Waals surface area contributed by atoms with Crippen molar-refractivity contribution in [3.63, 3.8) is 0 Å². The van der Waals surface area contributed by atoms with Gasteiger partial charge in [0.1, 0.15) is 30.0 Å². The van der Waals surface area contributed by atoms with Crippen LogP contribution in [0.2, 0.25) is 5.02 Å². The molecule has 1 aromatic carbocycles. The van der Waals surface area contributed by atoms with E-state index in [4.69, 9.17) is 30.5 Å². The zero-order valence-corrected chi connectivity index (χ0v) is 23.5. The van der Waals surface area contributed by atoms with Crippen LogP contribution in [0.3, 0.4) is 0 Å². The van der Waals surface area contributed by atoms with Crippen molar-refractivity contribution in [2.75, 3.05) is 13.7 Å². The molecule has 5 atom stereocenters. The van der Waals surface area contributed by atoms with Gasteiger partial charge < -0.3 is 18.9 Å². The molecule has 10 nitrogen and oxygen atoms in total. The Kier molecular flexibility index (Phi) is 7.53. The van der Waals surface area contributed by atoms with E-state index < -0.39 is 47.9 Å². The molecule has 0 N–H and O–H groups in total. The fraction of sp³-hybridized carbons (Fsp3) is 0.615. The van der Waals surface area contributed by atoms with Crippen molar-refractivity contribution >= 4 is 11.6 Å². The van der Waals surface area contributed by atoms with E-state index in [0.29, 0.717) is 6.42 Å². The van der Waals surface area contributed by atoms with Crippen molar-refractivity contribution in [1.82, 2.24) is 30.0 Å². The summed E-state index contributed by atoms with van der Waals surface area (Å²) in [5.41, 5.74) is 0.655. The van der Waals surface area contributed by atoms with Crippen molar-refractivity contribution in [3.8, 4) is 11.3 Å². The first-order valence-electron chi connectivity index (χ1n) is 12.9. The largest absolute Gasteiger partial charge is 0.376 e. The summed E-state index contributed by atoms with van der Waals surface area (Å²) in [4.78, 5) is 0. The number of methoxy groups -OCH3 is 1. The molecule has 212 valence electrons. The number of hydrogen-bond donors (Lipinski definition) is 0. The molecule has 0 radical (unpaired) electrons. The smallest absolute Gasteiger partial charge is 0.178 e. The van der Waals surface area contributed by atoms with Crippen LogP contribution in [0.4, 0.5) is 8.78 Å². The highest BCUT2D eigenvalue weighted by molar-refractivity contribution is 6.30. The molecular weight excluding hydrogens is 534 g/mol. The lowest BCUT2D eigenvalue weighted by atomic mass is 9.89. The fourth-order valence-corrected chi connectivity index (χ4v) is 5.16. The summed E-state index contributed by atoms with van der Waals surface area (Å²) in [6.45, 7) is 10.2. The van der Waals surface area contributed by atoms with E-state index in [9.17, 15) is 8.78 Å². The van der Waals surface area contributed by atoms with Crippen molar-refractivity contribution in [1.29, 1.82) is 0 Å². The van der Waals surface area contributed by atoms with Gasteiger partial charge in [-0.3, -0.25) is 0 Å². The summed E-state index contributed by atoms with van der Waals surface area (Å²) in [5.74, 6) is -3.11. The monoisotopic (exact) mass is 566 g/mol. The molecule has 0 aliphatic carbocycles.